The zero-order chi connectivity index (χ0) is 30.6. The van der Waals surface area contributed by atoms with Crippen molar-refractivity contribution >= 4 is 23.4 Å². The van der Waals surface area contributed by atoms with E-state index in [1.807, 2.05) is 24.8 Å². The first kappa shape index (κ1) is 30.4. The van der Waals surface area contributed by atoms with E-state index in [1.54, 1.807) is 15.6 Å². The maximum absolute atomic E-state index is 13.9. The summed E-state index contributed by atoms with van der Waals surface area (Å²) in [5.41, 5.74) is 1.57. The zero-order valence-corrected chi connectivity index (χ0v) is 25.3. The van der Waals surface area contributed by atoms with Crippen LogP contribution in [0.5, 0.6) is 0 Å². The van der Waals surface area contributed by atoms with Crippen LogP contribution in [0.25, 0.3) is 5.65 Å². The molecular formula is C31H43F2N5O4. The molecule has 2 aliphatic carbocycles. The van der Waals surface area contributed by atoms with Crippen molar-refractivity contribution in [3.8, 4) is 0 Å². The second-order valence-electron chi connectivity index (χ2n) is 14.2. The molecule has 3 heterocycles. The lowest BCUT2D eigenvalue weighted by Crippen LogP contribution is -2.62. The molecule has 3 aliphatic rings. The number of hydrogen-bond acceptors (Lipinski definition) is 5. The summed E-state index contributed by atoms with van der Waals surface area (Å²) in [5.74, 6) is -4.23. The molecule has 2 amide bonds. The lowest BCUT2D eigenvalue weighted by atomic mass is 9.81. The molecule has 5 rings (SSSR count). The Morgan fingerprint density at radius 1 is 0.976 bits per heavy atom. The van der Waals surface area contributed by atoms with Crippen LogP contribution in [0.4, 0.5) is 8.78 Å². The number of aliphatic carboxylic acids is 1. The van der Waals surface area contributed by atoms with Crippen LogP contribution >= 0.6 is 0 Å². The SMILES string of the molecule is CC(C)(C)c1cc(C2CCC(F)(F)CC2)nn2cc(C(=O)N3CCN(C(=O)[C@H]4CC[C@H](C(=O)O)CC4)CC3(C)C)nc12. The van der Waals surface area contributed by atoms with E-state index in [0.717, 1.165) is 11.3 Å². The third-order valence-corrected chi connectivity index (χ3v) is 9.49. The Morgan fingerprint density at radius 3 is 2.17 bits per heavy atom. The van der Waals surface area contributed by atoms with E-state index < -0.39 is 17.4 Å². The number of halogens is 2. The van der Waals surface area contributed by atoms with Gasteiger partial charge in [0.25, 0.3) is 5.91 Å². The van der Waals surface area contributed by atoms with Gasteiger partial charge < -0.3 is 14.9 Å². The van der Waals surface area contributed by atoms with E-state index in [2.05, 4.69) is 20.8 Å². The average molecular weight is 588 g/mol. The van der Waals surface area contributed by atoms with Crippen LogP contribution in [-0.2, 0) is 15.0 Å². The predicted octanol–water partition coefficient (Wildman–Crippen LogP) is 5.27. The molecule has 230 valence electrons. The highest BCUT2D eigenvalue weighted by Gasteiger charge is 2.42. The van der Waals surface area contributed by atoms with Crippen molar-refractivity contribution in [3.63, 3.8) is 0 Å². The highest BCUT2D eigenvalue weighted by atomic mass is 19.3. The van der Waals surface area contributed by atoms with Crippen molar-refractivity contribution in [1.82, 2.24) is 24.4 Å². The van der Waals surface area contributed by atoms with E-state index >= 15 is 0 Å². The maximum Gasteiger partial charge on any atom is 0.306 e. The number of carbonyl (C=O) groups is 3. The molecule has 0 unspecified atom stereocenters. The van der Waals surface area contributed by atoms with E-state index in [0.29, 0.717) is 63.8 Å². The second-order valence-corrected chi connectivity index (χ2v) is 14.2. The van der Waals surface area contributed by atoms with Crippen LogP contribution in [0.3, 0.4) is 0 Å². The number of carboxylic acid groups (broad SMARTS) is 1. The maximum atomic E-state index is 13.9. The van der Waals surface area contributed by atoms with Gasteiger partial charge in [0.1, 0.15) is 5.69 Å². The Kier molecular flexibility index (Phi) is 7.85. The normalized spacial score (nSPS) is 25.0. The summed E-state index contributed by atoms with van der Waals surface area (Å²) >= 11 is 0. The summed E-state index contributed by atoms with van der Waals surface area (Å²) in [7, 11) is 0. The first-order chi connectivity index (χ1) is 19.6. The van der Waals surface area contributed by atoms with Gasteiger partial charge in [-0.3, -0.25) is 14.4 Å². The lowest BCUT2D eigenvalue weighted by molar-refractivity contribution is -0.147. The molecule has 0 aromatic carbocycles. The van der Waals surface area contributed by atoms with Gasteiger partial charge in [0, 0.05) is 49.9 Å². The average Bonchev–Trinajstić information content (AvgIpc) is 3.35. The number of aromatic nitrogens is 3. The number of rotatable bonds is 4. The van der Waals surface area contributed by atoms with Crippen LogP contribution < -0.4 is 0 Å². The molecule has 2 aromatic rings. The van der Waals surface area contributed by atoms with Crippen LogP contribution in [0, 0.1) is 11.8 Å². The van der Waals surface area contributed by atoms with Gasteiger partial charge in [-0.05, 0) is 63.9 Å². The number of imidazole rings is 1. The van der Waals surface area contributed by atoms with Gasteiger partial charge in [-0.15, -0.1) is 0 Å². The Morgan fingerprint density at radius 2 is 1.60 bits per heavy atom. The van der Waals surface area contributed by atoms with Gasteiger partial charge in [0.2, 0.25) is 11.8 Å². The third kappa shape index (κ3) is 6.01. The Hall–Kier alpha value is -3.11. The largest absolute Gasteiger partial charge is 0.481 e. The van der Waals surface area contributed by atoms with Gasteiger partial charge in [0.05, 0.1) is 23.3 Å². The number of fused-ring (bicyclic) bond motifs is 1. The fraction of sp³-hybridized carbons (Fsp3) is 0.710. The smallest absolute Gasteiger partial charge is 0.306 e. The quantitative estimate of drug-likeness (QED) is 0.522. The minimum atomic E-state index is -2.62. The van der Waals surface area contributed by atoms with Crippen LogP contribution in [-0.4, -0.2) is 78.4 Å². The summed E-state index contributed by atoms with van der Waals surface area (Å²) in [4.78, 5) is 46.8. The standard InChI is InChI=1S/C31H43F2N5O4/c1-29(2,3)22-16-23(19-10-12-31(32,33)13-11-19)35-38-17-24(34-25(22)38)27(40)37-15-14-36(18-30(37,4)5)26(39)20-6-8-21(9-7-20)28(41)42/h16-17,19-21H,6-15,18H2,1-5H3,(H,41,42)/t20-,21-. The Labute approximate surface area is 245 Å². The lowest BCUT2D eigenvalue weighted by Gasteiger charge is -2.47. The fourth-order valence-electron chi connectivity index (χ4n) is 6.89. The van der Waals surface area contributed by atoms with Gasteiger partial charge in [-0.2, -0.15) is 5.10 Å². The van der Waals surface area contributed by atoms with Crippen molar-refractivity contribution in [2.24, 2.45) is 11.8 Å². The molecule has 0 atom stereocenters. The van der Waals surface area contributed by atoms with Crippen LogP contribution in [0.2, 0.25) is 0 Å². The molecular weight excluding hydrogens is 544 g/mol. The Balaban J connectivity index is 1.34. The minimum absolute atomic E-state index is 0.0405. The molecule has 2 aromatic heterocycles. The first-order valence-electron chi connectivity index (χ1n) is 15.2. The monoisotopic (exact) mass is 587 g/mol. The molecule has 1 aliphatic heterocycles. The number of alkyl halides is 2. The van der Waals surface area contributed by atoms with E-state index in [9.17, 15) is 28.3 Å². The predicted molar refractivity (Wildman–Crippen MR) is 153 cm³/mol. The summed E-state index contributed by atoms with van der Waals surface area (Å²) in [5, 5.41) is 14.0. The number of nitrogens with zero attached hydrogens (tertiary/aromatic N) is 5. The van der Waals surface area contributed by atoms with Crippen molar-refractivity contribution in [2.45, 2.75) is 109 Å². The molecule has 9 nitrogen and oxygen atoms in total. The number of amides is 2. The van der Waals surface area contributed by atoms with E-state index in [1.165, 1.54) is 0 Å². The summed E-state index contributed by atoms with van der Waals surface area (Å²) in [6, 6.07) is 1.98. The summed E-state index contributed by atoms with van der Waals surface area (Å²) < 4.78 is 29.3. The van der Waals surface area contributed by atoms with Crippen molar-refractivity contribution in [2.75, 3.05) is 19.6 Å². The number of hydrogen-bond donors (Lipinski definition) is 1. The molecule has 0 spiro atoms. The Bertz CT molecular complexity index is 1360. The number of carbonyl (C=O) groups excluding carboxylic acids is 2. The van der Waals surface area contributed by atoms with Gasteiger partial charge in [0.15, 0.2) is 5.65 Å². The van der Waals surface area contributed by atoms with Gasteiger partial charge >= 0.3 is 5.97 Å². The van der Waals surface area contributed by atoms with Crippen molar-refractivity contribution in [3.05, 3.63) is 29.2 Å². The van der Waals surface area contributed by atoms with Crippen LogP contribution in [0.1, 0.15) is 114 Å². The molecule has 11 heteroatoms. The van der Waals surface area contributed by atoms with Crippen molar-refractivity contribution in [1.29, 1.82) is 0 Å². The minimum Gasteiger partial charge on any atom is -0.481 e. The van der Waals surface area contributed by atoms with Gasteiger partial charge in [-0.1, -0.05) is 20.8 Å². The highest BCUT2D eigenvalue weighted by molar-refractivity contribution is 5.94. The van der Waals surface area contributed by atoms with Gasteiger partial charge in [-0.25, -0.2) is 18.3 Å². The topological polar surface area (TPSA) is 108 Å². The zero-order valence-electron chi connectivity index (χ0n) is 25.3. The van der Waals surface area contributed by atoms with Crippen molar-refractivity contribution < 1.29 is 28.3 Å². The molecule has 42 heavy (non-hydrogen) atoms. The molecule has 3 fully saturated rings. The fourth-order valence-corrected chi connectivity index (χ4v) is 6.89. The highest BCUT2D eigenvalue weighted by Crippen LogP contribution is 2.41. The number of piperazine rings is 1. The van der Waals surface area contributed by atoms with E-state index in [4.69, 9.17) is 10.1 Å². The molecule has 2 saturated carbocycles. The second kappa shape index (κ2) is 10.9. The summed E-state index contributed by atoms with van der Waals surface area (Å²) in [6.45, 7) is 11.2. The third-order valence-electron chi connectivity index (χ3n) is 9.49. The summed E-state index contributed by atoms with van der Waals surface area (Å²) in [6.07, 6.45) is 4.26. The molecule has 1 N–H and O–H groups in total. The molecule has 0 bridgehead atoms. The molecule has 1 saturated heterocycles. The number of carboxylic acids is 1. The molecule has 0 radical (unpaired) electrons. The van der Waals surface area contributed by atoms with E-state index in [-0.39, 0.29) is 53.5 Å². The van der Waals surface area contributed by atoms with Crippen LogP contribution in [0.15, 0.2) is 12.3 Å². The first-order valence-corrected chi connectivity index (χ1v) is 15.2.